The zero-order chi connectivity index (χ0) is 17.1. The minimum absolute atomic E-state index is 0.149. The molecule has 0 spiro atoms. The molecule has 1 aliphatic rings. The zero-order valence-corrected chi connectivity index (χ0v) is 14.0. The Morgan fingerprint density at radius 1 is 1.39 bits per heavy atom. The summed E-state index contributed by atoms with van der Waals surface area (Å²) in [6.07, 6.45) is 1.70. The second kappa shape index (κ2) is 6.94. The van der Waals surface area contributed by atoms with Crippen LogP contribution in [-0.4, -0.2) is 41.1 Å². The summed E-state index contributed by atoms with van der Waals surface area (Å²) in [5.41, 5.74) is -0.459. The van der Waals surface area contributed by atoms with Gasteiger partial charge in [0, 0.05) is 6.54 Å². The van der Waals surface area contributed by atoms with Gasteiger partial charge in [-0.1, -0.05) is 6.92 Å². The van der Waals surface area contributed by atoms with Crippen molar-refractivity contribution in [3.8, 4) is 0 Å². The lowest BCUT2D eigenvalue weighted by Gasteiger charge is -2.34. The Morgan fingerprint density at radius 3 is 2.65 bits per heavy atom. The summed E-state index contributed by atoms with van der Waals surface area (Å²) >= 11 is 0. The number of hydrogen-bond donors (Lipinski definition) is 2. The molecule has 8 heteroatoms. The van der Waals surface area contributed by atoms with Gasteiger partial charge in [0.15, 0.2) is 0 Å². The quantitative estimate of drug-likeness (QED) is 0.786. The topological polar surface area (TPSA) is 84.5 Å². The van der Waals surface area contributed by atoms with E-state index >= 15 is 0 Å². The first kappa shape index (κ1) is 17.8. The minimum Gasteiger partial charge on any atom is -0.465 e. The number of carbonyl (C=O) groups is 1. The van der Waals surface area contributed by atoms with Crippen molar-refractivity contribution in [1.82, 2.24) is 10.0 Å². The highest BCUT2D eigenvalue weighted by Crippen LogP contribution is 2.28. The first-order chi connectivity index (χ1) is 10.8. The molecule has 0 atom stereocenters. The molecule has 0 saturated carbocycles. The number of rotatable bonds is 5. The van der Waals surface area contributed by atoms with E-state index in [1.807, 2.05) is 6.92 Å². The van der Waals surface area contributed by atoms with Crippen molar-refractivity contribution in [1.29, 1.82) is 0 Å². The van der Waals surface area contributed by atoms with Gasteiger partial charge in [-0.2, -0.15) is 0 Å². The van der Waals surface area contributed by atoms with E-state index < -0.39 is 21.8 Å². The van der Waals surface area contributed by atoms with E-state index in [9.17, 15) is 17.6 Å². The molecule has 0 radical (unpaired) electrons. The van der Waals surface area contributed by atoms with Gasteiger partial charge >= 0.3 is 5.97 Å². The predicted molar refractivity (Wildman–Crippen MR) is 83.1 cm³/mol. The van der Waals surface area contributed by atoms with Crippen LogP contribution in [0.25, 0.3) is 0 Å². The van der Waals surface area contributed by atoms with Crippen LogP contribution in [0.4, 0.5) is 4.39 Å². The van der Waals surface area contributed by atoms with Crippen molar-refractivity contribution in [2.24, 2.45) is 5.41 Å². The van der Waals surface area contributed by atoms with E-state index in [-0.39, 0.29) is 22.4 Å². The molecule has 1 aliphatic heterocycles. The standard InChI is InChI=1S/C15H21FN2O4S/c1-15(5-7-17-8-6-15)10-18-23(20,21)13-4-3-11(16)9-12(13)14(19)22-2/h3-4,9,17-18H,5-8,10H2,1-2H3. The lowest BCUT2D eigenvalue weighted by molar-refractivity contribution is 0.0595. The Morgan fingerprint density at radius 2 is 2.04 bits per heavy atom. The fourth-order valence-corrected chi connectivity index (χ4v) is 3.93. The highest BCUT2D eigenvalue weighted by Gasteiger charge is 2.30. The third kappa shape index (κ3) is 4.27. The van der Waals surface area contributed by atoms with Gasteiger partial charge in [-0.05, 0) is 49.5 Å². The largest absolute Gasteiger partial charge is 0.465 e. The molecule has 0 bridgehead atoms. The molecule has 1 aromatic rings. The van der Waals surface area contributed by atoms with E-state index in [0.717, 1.165) is 51.2 Å². The summed E-state index contributed by atoms with van der Waals surface area (Å²) in [5.74, 6) is -1.59. The number of hydrogen-bond acceptors (Lipinski definition) is 5. The molecule has 128 valence electrons. The maximum atomic E-state index is 13.3. The van der Waals surface area contributed by atoms with Gasteiger partial charge in [0.25, 0.3) is 0 Å². The minimum atomic E-state index is -3.94. The maximum absolute atomic E-state index is 13.3. The van der Waals surface area contributed by atoms with Gasteiger partial charge in [-0.15, -0.1) is 0 Å². The maximum Gasteiger partial charge on any atom is 0.339 e. The van der Waals surface area contributed by atoms with Gasteiger partial charge in [-0.25, -0.2) is 22.3 Å². The summed E-state index contributed by atoms with van der Waals surface area (Å²) in [4.78, 5) is 11.4. The number of benzene rings is 1. The number of ether oxygens (including phenoxy) is 1. The number of esters is 1. The van der Waals surface area contributed by atoms with E-state index in [1.54, 1.807) is 0 Å². The number of halogens is 1. The molecule has 0 amide bonds. The predicted octanol–water partition coefficient (Wildman–Crippen LogP) is 1.28. The molecule has 23 heavy (non-hydrogen) atoms. The van der Waals surface area contributed by atoms with Crippen LogP contribution in [0.15, 0.2) is 23.1 Å². The third-order valence-corrected chi connectivity index (χ3v) is 5.60. The van der Waals surface area contributed by atoms with Crippen molar-refractivity contribution in [2.45, 2.75) is 24.7 Å². The highest BCUT2D eigenvalue weighted by atomic mass is 32.2. The second-order valence-electron chi connectivity index (χ2n) is 6.02. The molecular weight excluding hydrogens is 323 g/mol. The number of carbonyl (C=O) groups excluding carboxylic acids is 1. The number of sulfonamides is 1. The van der Waals surface area contributed by atoms with Crippen LogP contribution in [0, 0.1) is 11.2 Å². The van der Waals surface area contributed by atoms with Gasteiger partial charge in [0.1, 0.15) is 5.82 Å². The normalized spacial score (nSPS) is 17.7. The molecule has 0 unspecified atom stereocenters. The van der Waals surface area contributed by atoms with Crippen molar-refractivity contribution >= 4 is 16.0 Å². The van der Waals surface area contributed by atoms with Crippen LogP contribution in [0.2, 0.25) is 0 Å². The SMILES string of the molecule is COC(=O)c1cc(F)ccc1S(=O)(=O)NCC1(C)CCNCC1. The molecule has 1 aromatic carbocycles. The molecule has 1 heterocycles. The summed E-state index contributed by atoms with van der Waals surface area (Å²) in [6, 6.07) is 2.95. The van der Waals surface area contributed by atoms with Crippen molar-refractivity contribution in [3.05, 3.63) is 29.6 Å². The van der Waals surface area contributed by atoms with Gasteiger partial charge < -0.3 is 10.1 Å². The van der Waals surface area contributed by atoms with Crippen LogP contribution in [0.5, 0.6) is 0 Å². The highest BCUT2D eigenvalue weighted by molar-refractivity contribution is 7.89. The summed E-state index contributed by atoms with van der Waals surface area (Å²) in [5, 5.41) is 3.23. The van der Waals surface area contributed by atoms with Crippen LogP contribution < -0.4 is 10.0 Å². The Bertz CT molecular complexity index is 685. The molecule has 6 nitrogen and oxygen atoms in total. The monoisotopic (exact) mass is 344 g/mol. The summed E-state index contributed by atoms with van der Waals surface area (Å²) in [6.45, 7) is 3.95. The van der Waals surface area contributed by atoms with E-state index in [4.69, 9.17) is 0 Å². The molecule has 1 saturated heterocycles. The van der Waals surface area contributed by atoms with Gasteiger partial charge in [-0.3, -0.25) is 0 Å². The van der Waals surface area contributed by atoms with Crippen molar-refractivity contribution < 1.29 is 22.3 Å². The van der Waals surface area contributed by atoms with Gasteiger partial charge in [0.2, 0.25) is 10.0 Å². The number of piperidine rings is 1. The average Bonchev–Trinajstić information content (AvgIpc) is 2.53. The van der Waals surface area contributed by atoms with Crippen LogP contribution >= 0.6 is 0 Å². The fraction of sp³-hybridized carbons (Fsp3) is 0.533. The van der Waals surface area contributed by atoms with Crippen LogP contribution in [0.1, 0.15) is 30.1 Å². The Balaban J connectivity index is 2.24. The van der Waals surface area contributed by atoms with Crippen LogP contribution in [0.3, 0.4) is 0 Å². The average molecular weight is 344 g/mol. The van der Waals surface area contributed by atoms with Gasteiger partial charge in [0.05, 0.1) is 17.6 Å². The number of methoxy groups -OCH3 is 1. The Labute approximate surface area is 135 Å². The Kier molecular flexibility index (Phi) is 5.38. The smallest absolute Gasteiger partial charge is 0.339 e. The first-order valence-corrected chi connectivity index (χ1v) is 8.84. The number of nitrogens with one attached hydrogen (secondary N) is 2. The fourth-order valence-electron chi connectivity index (χ4n) is 2.56. The summed E-state index contributed by atoms with van der Waals surface area (Å²) < 4.78 is 45.4. The molecule has 2 rings (SSSR count). The molecule has 0 aromatic heterocycles. The molecule has 0 aliphatic carbocycles. The lowest BCUT2D eigenvalue weighted by atomic mass is 9.81. The van der Waals surface area contributed by atoms with E-state index in [0.29, 0.717) is 0 Å². The lowest BCUT2D eigenvalue weighted by Crippen LogP contribution is -2.43. The van der Waals surface area contributed by atoms with Crippen molar-refractivity contribution in [2.75, 3.05) is 26.7 Å². The van der Waals surface area contributed by atoms with Crippen LogP contribution in [-0.2, 0) is 14.8 Å². The molecular formula is C15H21FN2O4S. The zero-order valence-electron chi connectivity index (χ0n) is 13.2. The van der Waals surface area contributed by atoms with Crippen molar-refractivity contribution in [3.63, 3.8) is 0 Å². The summed E-state index contributed by atoms with van der Waals surface area (Å²) in [7, 11) is -2.82. The first-order valence-electron chi connectivity index (χ1n) is 7.36. The van der Waals surface area contributed by atoms with E-state index in [1.165, 1.54) is 0 Å². The Hall–Kier alpha value is -1.51. The molecule has 1 fully saturated rings. The second-order valence-corrected chi connectivity index (χ2v) is 7.75. The molecule has 2 N–H and O–H groups in total. The van der Waals surface area contributed by atoms with E-state index in [2.05, 4.69) is 14.8 Å². The third-order valence-electron chi connectivity index (χ3n) is 4.14.